The Hall–Kier alpha value is -2.26. The summed E-state index contributed by atoms with van der Waals surface area (Å²) in [6.07, 6.45) is 2.38. The normalized spacial score (nSPS) is 24.4. The van der Waals surface area contributed by atoms with Crippen LogP contribution in [0.25, 0.3) is 22.4 Å². The molecule has 9 heteroatoms. The van der Waals surface area contributed by atoms with Crippen molar-refractivity contribution in [2.75, 3.05) is 13.2 Å². The molecule has 2 fully saturated rings. The largest absolute Gasteiger partial charge is 0.456 e. The standard InChI is InChI=1S/C18H17ClN4O4/c19-11-5-12-17(22-15(11)9-1-2-10(7-24)20-6-9)23-18(21-12)27-14-8-26-13-3-4-25-16(13)14/h1-2,5-6,13-14,16,24H,3-4,7-8H2,(H,21,22,23). The highest BCUT2D eigenvalue weighted by Crippen LogP contribution is 2.31. The zero-order valence-corrected chi connectivity index (χ0v) is 15.0. The average molecular weight is 389 g/mol. The van der Waals surface area contributed by atoms with Crippen molar-refractivity contribution < 1.29 is 19.3 Å². The zero-order chi connectivity index (χ0) is 18.4. The third-order valence-electron chi connectivity index (χ3n) is 4.85. The lowest BCUT2D eigenvalue weighted by Crippen LogP contribution is -2.32. The molecule has 8 nitrogen and oxygen atoms in total. The number of H-pyrrole nitrogens is 1. The first-order valence-corrected chi connectivity index (χ1v) is 9.11. The number of nitrogens with zero attached hydrogens (tertiary/aromatic N) is 3. The van der Waals surface area contributed by atoms with Crippen molar-refractivity contribution in [3.63, 3.8) is 0 Å². The van der Waals surface area contributed by atoms with Gasteiger partial charge < -0.3 is 24.3 Å². The summed E-state index contributed by atoms with van der Waals surface area (Å²) in [5.74, 6) is 0. The number of ether oxygens (including phenoxy) is 3. The van der Waals surface area contributed by atoms with E-state index >= 15 is 0 Å². The fourth-order valence-corrected chi connectivity index (χ4v) is 3.75. The first-order valence-electron chi connectivity index (χ1n) is 8.73. The van der Waals surface area contributed by atoms with E-state index in [2.05, 4.69) is 19.9 Å². The summed E-state index contributed by atoms with van der Waals surface area (Å²) in [6, 6.07) is 5.67. The van der Waals surface area contributed by atoms with Gasteiger partial charge in [-0.25, -0.2) is 4.98 Å². The first-order chi connectivity index (χ1) is 13.2. The molecule has 2 aliphatic rings. The number of aliphatic hydroxyl groups is 1. The Labute approximate surface area is 159 Å². The van der Waals surface area contributed by atoms with Gasteiger partial charge in [0.25, 0.3) is 6.01 Å². The van der Waals surface area contributed by atoms with Gasteiger partial charge >= 0.3 is 0 Å². The van der Waals surface area contributed by atoms with E-state index in [0.29, 0.717) is 46.8 Å². The minimum Gasteiger partial charge on any atom is -0.456 e. The van der Waals surface area contributed by atoms with Gasteiger partial charge in [-0.2, -0.15) is 4.98 Å². The molecule has 5 heterocycles. The lowest BCUT2D eigenvalue weighted by atomic mass is 10.1. The van der Waals surface area contributed by atoms with Crippen molar-refractivity contribution in [1.29, 1.82) is 0 Å². The Bertz CT molecular complexity index is 977. The highest BCUT2D eigenvalue weighted by Gasteiger charge is 2.43. The number of aromatic amines is 1. The van der Waals surface area contributed by atoms with Crippen molar-refractivity contribution in [1.82, 2.24) is 19.9 Å². The van der Waals surface area contributed by atoms with E-state index in [0.717, 1.165) is 12.0 Å². The summed E-state index contributed by atoms with van der Waals surface area (Å²) in [5, 5.41) is 9.59. The van der Waals surface area contributed by atoms with Gasteiger partial charge in [0.15, 0.2) is 11.8 Å². The molecule has 0 aromatic carbocycles. The summed E-state index contributed by atoms with van der Waals surface area (Å²) in [5.41, 5.74) is 3.08. The predicted molar refractivity (Wildman–Crippen MR) is 96.6 cm³/mol. The van der Waals surface area contributed by atoms with E-state index in [9.17, 15) is 0 Å². The van der Waals surface area contributed by atoms with Gasteiger partial charge in [-0.1, -0.05) is 11.6 Å². The maximum atomic E-state index is 9.12. The van der Waals surface area contributed by atoms with Gasteiger partial charge in [-0.15, -0.1) is 0 Å². The molecule has 0 spiro atoms. The van der Waals surface area contributed by atoms with Crippen LogP contribution in [0.3, 0.4) is 0 Å². The van der Waals surface area contributed by atoms with Crippen molar-refractivity contribution in [2.45, 2.75) is 31.3 Å². The molecule has 0 aliphatic carbocycles. The number of fused-ring (bicyclic) bond motifs is 2. The molecule has 2 N–H and O–H groups in total. The lowest BCUT2D eigenvalue weighted by molar-refractivity contribution is 0.0273. The Morgan fingerprint density at radius 3 is 3.04 bits per heavy atom. The van der Waals surface area contributed by atoms with E-state index in [1.807, 2.05) is 6.07 Å². The fourth-order valence-electron chi connectivity index (χ4n) is 3.49. The van der Waals surface area contributed by atoms with Crippen molar-refractivity contribution in [2.24, 2.45) is 0 Å². The minimum atomic E-state index is -0.191. The van der Waals surface area contributed by atoms with Crippen molar-refractivity contribution in [3.8, 4) is 17.3 Å². The fraction of sp³-hybridized carbons (Fsp3) is 0.389. The third-order valence-corrected chi connectivity index (χ3v) is 5.14. The van der Waals surface area contributed by atoms with Crippen molar-refractivity contribution >= 4 is 22.8 Å². The van der Waals surface area contributed by atoms with E-state index in [4.69, 9.17) is 30.9 Å². The maximum absolute atomic E-state index is 9.12. The number of halogens is 1. The Morgan fingerprint density at radius 2 is 2.22 bits per heavy atom. The molecule has 140 valence electrons. The van der Waals surface area contributed by atoms with E-state index in [1.54, 1.807) is 18.3 Å². The molecule has 3 atom stereocenters. The molecule has 27 heavy (non-hydrogen) atoms. The second-order valence-corrected chi connectivity index (χ2v) is 6.99. The van der Waals surface area contributed by atoms with Crippen LogP contribution in [0.5, 0.6) is 6.01 Å². The maximum Gasteiger partial charge on any atom is 0.296 e. The number of hydrogen-bond acceptors (Lipinski definition) is 7. The van der Waals surface area contributed by atoms with Crippen LogP contribution in [-0.4, -0.2) is 56.6 Å². The zero-order valence-electron chi connectivity index (χ0n) is 14.3. The van der Waals surface area contributed by atoms with Gasteiger partial charge in [0.2, 0.25) is 0 Å². The van der Waals surface area contributed by atoms with Gasteiger partial charge in [0.1, 0.15) is 6.10 Å². The molecule has 0 radical (unpaired) electrons. The smallest absolute Gasteiger partial charge is 0.296 e. The van der Waals surface area contributed by atoms with Crippen LogP contribution in [0.4, 0.5) is 0 Å². The quantitative estimate of drug-likeness (QED) is 0.705. The first kappa shape index (κ1) is 16.9. The topological polar surface area (TPSA) is 102 Å². The highest BCUT2D eigenvalue weighted by atomic mass is 35.5. The summed E-state index contributed by atoms with van der Waals surface area (Å²) < 4.78 is 17.3. The van der Waals surface area contributed by atoms with Gasteiger partial charge in [-0.05, 0) is 24.6 Å². The number of aliphatic hydroxyl groups excluding tert-OH is 1. The predicted octanol–water partition coefficient (Wildman–Crippen LogP) is 2.10. The molecule has 2 aliphatic heterocycles. The molecule has 5 rings (SSSR count). The molecule has 0 saturated carbocycles. The Morgan fingerprint density at radius 1 is 1.30 bits per heavy atom. The molecule has 0 bridgehead atoms. The third kappa shape index (κ3) is 3.04. The second kappa shape index (κ2) is 6.72. The van der Waals surface area contributed by atoms with E-state index in [1.165, 1.54) is 0 Å². The van der Waals surface area contributed by atoms with Crippen molar-refractivity contribution in [3.05, 3.63) is 35.1 Å². The Balaban J connectivity index is 1.43. The second-order valence-electron chi connectivity index (χ2n) is 6.58. The van der Waals surface area contributed by atoms with Crippen LogP contribution in [-0.2, 0) is 16.1 Å². The Kier molecular flexibility index (Phi) is 4.20. The average Bonchev–Trinajstić information content (AvgIpc) is 3.38. The van der Waals surface area contributed by atoms with Crippen LogP contribution < -0.4 is 4.74 Å². The molecule has 2 saturated heterocycles. The molecule has 3 aromatic heterocycles. The number of aromatic nitrogens is 4. The van der Waals surface area contributed by atoms with Gasteiger partial charge in [0.05, 0.1) is 41.2 Å². The molecular weight excluding hydrogens is 372 g/mol. The molecule has 3 aromatic rings. The van der Waals surface area contributed by atoms with Crippen LogP contribution >= 0.6 is 11.6 Å². The molecular formula is C18H17ClN4O4. The van der Waals surface area contributed by atoms with Gasteiger partial charge in [-0.3, -0.25) is 4.98 Å². The number of hydrogen-bond donors (Lipinski definition) is 2. The summed E-state index contributed by atoms with van der Waals surface area (Å²) in [7, 11) is 0. The number of rotatable bonds is 4. The van der Waals surface area contributed by atoms with E-state index < -0.39 is 0 Å². The molecule has 0 amide bonds. The van der Waals surface area contributed by atoms with Crippen LogP contribution in [0, 0.1) is 0 Å². The van der Waals surface area contributed by atoms with Crippen LogP contribution in [0.2, 0.25) is 5.02 Å². The summed E-state index contributed by atoms with van der Waals surface area (Å²) in [4.78, 5) is 16.2. The van der Waals surface area contributed by atoms with Crippen LogP contribution in [0.1, 0.15) is 12.1 Å². The monoisotopic (exact) mass is 388 g/mol. The van der Waals surface area contributed by atoms with Gasteiger partial charge in [0, 0.05) is 18.4 Å². The molecule has 3 unspecified atom stereocenters. The highest BCUT2D eigenvalue weighted by molar-refractivity contribution is 6.33. The number of pyridine rings is 2. The lowest BCUT2D eigenvalue weighted by Gasteiger charge is -2.15. The SMILES string of the molecule is OCc1ccc(-c2nc3nc(OC4COC5CCOC54)[nH]c3cc2Cl)cn1. The van der Waals surface area contributed by atoms with Crippen LogP contribution in [0.15, 0.2) is 24.4 Å². The summed E-state index contributed by atoms with van der Waals surface area (Å²) in [6.45, 7) is 1.06. The minimum absolute atomic E-state index is 0.0542. The van der Waals surface area contributed by atoms with E-state index in [-0.39, 0.29) is 24.9 Å². The summed E-state index contributed by atoms with van der Waals surface area (Å²) >= 11 is 6.40. The number of imidazole rings is 1. The number of nitrogens with one attached hydrogen (secondary N) is 1.